The number of alkyl halides is 3. The van der Waals surface area contributed by atoms with Crippen LogP contribution in [0.15, 0.2) is 18.2 Å². The molecule has 2 aromatic heterocycles. The SMILES string of the molecule is CC.Cc1sc2ccc(N)c(C#N)c2c1-c1c(C(F)(F)F)cc2c(N3CC4CCC(C3)N4)nc(OC[C@@H]3[C@H](C)CN3C)nc2c1F. The zero-order valence-corrected chi connectivity index (χ0v) is 27.2. The molecular formula is C33H37F4N7OS. The quantitative estimate of drug-likeness (QED) is 0.180. The standard InChI is InChI=1S/C31H31F4N7OS.C2H6/c1-14-10-41(3)22(14)13-43-30-39-28-18(29(40-30)42-11-16-4-5-17(12-42)38-16)8-20(31(33,34)35)26(27(28)32)24-15(2)44-23-7-6-21(37)19(9-36)25(23)24;1-2/h6-8,14,16-17,22,38H,4-5,10-13,37H2,1-3H3;1-2H3/t14-,16?,17?,22-;/m1./s1. The topological polar surface area (TPSA) is 103 Å². The number of nitriles is 1. The van der Waals surface area contributed by atoms with Crippen molar-refractivity contribution < 1.29 is 22.3 Å². The van der Waals surface area contributed by atoms with Gasteiger partial charge in [0.15, 0.2) is 5.82 Å². The zero-order chi connectivity index (χ0) is 33.1. The first-order valence-corrected chi connectivity index (χ1v) is 16.4. The maximum atomic E-state index is 17.0. The molecular weight excluding hydrogens is 618 g/mol. The summed E-state index contributed by atoms with van der Waals surface area (Å²) in [6.07, 6.45) is -3.03. The largest absolute Gasteiger partial charge is 0.462 e. The molecule has 244 valence electrons. The van der Waals surface area contributed by atoms with Crippen molar-refractivity contribution in [3.63, 3.8) is 0 Å². The minimum absolute atomic E-state index is 0.00617. The number of nitrogens with zero attached hydrogens (tertiary/aromatic N) is 5. The molecule has 8 nitrogen and oxygen atoms in total. The third-order valence-corrected chi connectivity index (χ3v) is 10.4. The molecule has 13 heteroatoms. The molecule has 0 aliphatic carbocycles. The van der Waals surface area contributed by atoms with Crippen LogP contribution in [0.5, 0.6) is 6.01 Å². The summed E-state index contributed by atoms with van der Waals surface area (Å²) < 4.78 is 68.3. The van der Waals surface area contributed by atoms with Crippen LogP contribution in [0.1, 0.15) is 49.6 Å². The molecule has 3 aliphatic rings. The molecule has 46 heavy (non-hydrogen) atoms. The fourth-order valence-corrected chi connectivity index (χ4v) is 8.22. The van der Waals surface area contributed by atoms with Crippen LogP contribution in [0.3, 0.4) is 0 Å². The number of likely N-dealkylation sites (tertiary alicyclic amines) is 1. The van der Waals surface area contributed by atoms with E-state index in [0.29, 0.717) is 28.6 Å². The van der Waals surface area contributed by atoms with Crippen molar-refractivity contribution in [3.8, 4) is 23.2 Å². The first-order valence-electron chi connectivity index (χ1n) is 15.6. The summed E-state index contributed by atoms with van der Waals surface area (Å²) in [6, 6.07) is 6.51. The minimum Gasteiger partial charge on any atom is -0.462 e. The van der Waals surface area contributed by atoms with Crippen LogP contribution in [0, 0.1) is 30.0 Å². The number of hydrogen-bond donors (Lipinski definition) is 2. The fraction of sp³-hybridized carbons (Fsp3) is 0.485. The number of aromatic nitrogens is 2. The number of thiophene rings is 1. The van der Waals surface area contributed by atoms with E-state index in [-0.39, 0.29) is 69.7 Å². The average molecular weight is 656 g/mol. The van der Waals surface area contributed by atoms with Gasteiger partial charge < -0.3 is 20.7 Å². The normalized spacial score (nSPS) is 22.8. The third-order valence-electron chi connectivity index (χ3n) is 9.32. The highest BCUT2D eigenvalue weighted by Gasteiger charge is 2.40. The average Bonchev–Trinajstić information content (AvgIpc) is 3.54. The lowest BCUT2D eigenvalue weighted by Gasteiger charge is -2.43. The highest BCUT2D eigenvalue weighted by atomic mass is 32.1. The number of nitrogens with two attached hydrogens (primary N) is 1. The summed E-state index contributed by atoms with van der Waals surface area (Å²) >= 11 is 1.18. The van der Waals surface area contributed by atoms with Gasteiger partial charge in [0.05, 0.1) is 16.8 Å². The van der Waals surface area contributed by atoms with E-state index in [2.05, 4.69) is 27.1 Å². The molecule has 0 spiro atoms. The van der Waals surface area contributed by atoms with E-state index < -0.39 is 23.1 Å². The van der Waals surface area contributed by atoms with Gasteiger partial charge in [-0.3, -0.25) is 4.90 Å². The second kappa shape index (κ2) is 12.1. The Balaban J connectivity index is 0.00000182. The number of nitrogen functional groups attached to an aromatic ring is 1. The van der Waals surface area contributed by atoms with Gasteiger partial charge in [-0.25, -0.2) is 4.39 Å². The number of benzene rings is 2. The molecule has 3 fully saturated rings. The molecule has 2 bridgehead atoms. The van der Waals surface area contributed by atoms with Crippen molar-refractivity contribution in [2.45, 2.75) is 64.8 Å². The molecule has 3 saturated heterocycles. The van der Waals surface area contributed by atoms with Gasteiger partial charge in [0.1, 0.15) is 24.0 Å². The molecule has 3 N–H and O–H groups in total. The van der Waals surface area contributed by atoms with Gasteiger partial charge in [-0.1, -0.05) is 20.8 Å². The molecule has 4 aromatic rings. The van der Waals surface area contributed by atoms with Crippen LogP contribution in [0.25, 0.3) is 32.1 Å². The van der Waals surface area contributed by atoms with E-state index in [1.165, 1.54) is 17.4 Å². The molecule has 0 radical (unpaired) electrons. The highest BCUT2D eigenvalue weighted by molar-refractivity contribution is 7.19. The molecule has 0 saturated carbocycles. The summed E-state index contributed by atoms with van der Waals surface area (Å²) in [6.45, 7) is 9.96. The molecule has 3 aliphatic heterocycles. The Labute approximate surface area is 269 Å². The van der Waals surface area contributed by atoms with Crippen molar-refractivity contribution in [1.29, 1.82) is 5.26 Å². The van der Waals surface area contributed by atoms with Gasteiger partial charge in [-0.15, -0.1) is 11.3 Å². The number of halogens is 4. The van der Waals surface area contributed by atoms with Crippen molar-refractivity contribution in [1.82, 2.24) is 20.2 Å². The Morgan fingerprint density at radius 1 is 1.13 bits per heavy atom. The van der Waals surface area contributed by atoms with Crippen molar-refractivity contribution in [2.24, 2.45) is 5.92 Å². The Kier molecular flexibility index (Phi) is 8.50. The van der Waals surface area contributed by atoms with E-state index in [4.69, 9.17) is 10.5 Å². The maximum absolute atomic E-state index is 17.0. The van der Waals surface area contributed by atoms with Gasteiger partial charge in [-0.2, -0.15) is 28.4 Å². The van der Waals surface area contributed by atoms with Crippen LogP contribution in [0.4, 0.5) is 29.1 Å². The van der Waals surface area contributed by atoms with Crippen LogP contribution >= 0.6 is 11.3 Å². The number of nitrogens with one attached hydrogen (secondary N) is 1. The Morgan fingerprint density at radius 2 is 1.83 bits per heavy atom. The predicted octanol–water partition coefficient (Wildman–Crippen LogP) is 6.73. The van der Waals surface area contributed by atoms with E-state index in [1.807, 2.05) is 31.9 Å². The van der Waals surface area contributed by atoms with Crippen LogP contribution in [-0.2, 0) is 6.18 Å². The van der Waals surface area contributed by atoms with E-state index in [9.17, 15) is 18.4 Å². The summed E-state index contributed by atoms with van der Waals surface area (Å²) in [4.78, 5) is 13.5. The fourth-order valence-electron chi connectivity index (χ4n) is 7.14. The van der Waals surface area contributed by atoms with Crippen molar-refractivity contribution >= 4 is 43.8 Å². The monoisotopic (exact) mass is 655 g/mol. The zero-order valence-electron chi connectivity index (χ0n) is 26.4. The summed E-state index contributed by atoms with van der Waals surface area (Å²) in [5, 5.41) is 13.6. The molecule has 5 heterocycles. The first-order chi connectivity index (χ1) is 21.9. The molecule has 2 unspecified atom stereocenters. The lowest BCUT2D eigenvalue weighted by atomic mass is 9.92. The molecule has 2 aromatic carbocycles. The van der Waals surface area contributed by atoms with Crippen molar-refractivity contribution in [2.75, 3.05) is 43.9 Å². The summed E-state index contributed by atoms with van der Waals surface area (Å²) in [5.41, 5.74) is 4.12. The summed E-state index contributed by atoms with van der Waals surface area (Å²) in [5.74, 6) is -0.522. The van der Waals surface area contributed by atoms with E-state index in [0.717, 1.165) is 25.5 Å². The van der Waals surface area contributed by atoms with Crippen LogP contribution in [0.2, 0.25) is 0 Å². The number of piperazine rings is 1. The lowest BCUT2D eigenvalue weighted by molar-refractivity contribution is -0.137. The Bertz CT molecular complexity index is 1830. The minimum atomic E-state index is -4.92. The number of aryl methyl sites for hydroxylation is 1. The van der Waals surface area contributed by atoms with Crippen LogP contribution in [-0.4, -0.2) is 66.3 Å². The smallest absolute Gasteiger partial charge is 0.417 e. The van der Waals surface area contributed by atoms with Gasteiger partial charge in [0.2, 0.25) is 0 Å². The van der Waals surface area contributed by atoms with Gasteiger partial charge in [0.25, 0.3) is 0 Å². The Morgan fingerprint density at radius 3 is 2.43 bits per heavy atom. The molecule has 7 rings (SSSR count). The molecule has 4 atom stereocenters. The second-order valence-electron chi connectivity index (χ2n) is 12.2. The highest BCUT2D eigenvalue weighted by Crippen LogP contribution is 2.49. The molecule has 0 amide bonds. The lowest BCUT2D eigenvalue weighted by Crippen LogP contribution is -2.55. The van der Waals surface area contributed by atoms with Gasteiger partial charge in [0, 0.05) is 69.2 Å². The third kappa shape index (κ3) is 5.40. The maximum Gasteiger partial charge on any atom is 0.417 e. The number of ether oxygens (including phenoxy) is 1. The van der Waals surface area contributed by atoms with Crippen molar-refractivity contribution in [3.05, 3.63) is 40.0 Å². The van der Waals surface area contributed by atoms with E-state index in [1.54, 1.807) is 13.0 Å². The number of likely N-dealkylation sites (N-methyl/N-ethyl adjacent to an activating group) is 1. The number of rotatable bonds is 5. The van der Waals surface area contributed by atoms with E-state index >= 15 is 4.39 Å². The van der Waals surface area contributed by atoms with Crippen LogP contribution < -0.4 is 20.7 Å². The first kappa shape index (κ1) is 32.2. The number of anilines is 2. The number of fused-ring (bicyclic) bond motifs is 4. The predicted molar refractivity (Wildman–Crippen MR) is 174 cm³/mol. The number of hydrogen-bond acceptors (Lipinski definition) is 9. The Hall–Kier alpha value is -3.73. The summed E-state index contributed by atoms with van der Waals surface area (Å²) in [7, 11) is 1.98. The van der Waals surface area contributed by atoms with Gasteiger partial charge >= 0.3 is 12.2 Å². The second-order valence-corrected chi connectivity index (χ2v) is 13.5. The van der Waals surface area contributed by atoms with Gasteiger partial charge in [-0.05, 0) is 50.9 Å².